The predicted octanol–water partition coefficient (Wildman–Crippen LogP) is 4.61. The van der Waals surface area contributed by atoms with Crippen LogP contribution in [0.2, 0.25) is 0 Å². The van der Waals surface area contributed by atoms with Gasteiger partial charge in [-0.05, 0) is 48.4 Å². The number of ketones is 1. The summed E-state index contributed by atoms with van der Waals surface area (Å²) in [5.41, 5.74) is 4.90. The van der Waals surface area contributed by atoms with Gasteiger partial charge in [0.05, 0.1) is 24.0 Å². The Bertz CT molecular complexity index is 1410. The number of Topliss-reactive ketones (excluding diaryl/α,β-unsaturated/α-hetero) is 1. The number of hydrogen-bond donors (Lipinski definition) is 2. The first-order valence-corrected chi connectivity index (χ1v) is 10.6. The number of allylic oxidation sites excluding steroid dienone is 3. The third-order valence-electron chi connectivity index (χ3n) is 5.70. The van der Waals surface area contributed by atoms with Crippen molar-refractivity contribution in [2.24, 2.45) is 0 Å². The minimum Gasteiger partial charge on any atom is -0.354 e. The van der Waals surface area contributed by atoms with Crippen LogP contribution in [0.4, 0.5) is 4.39 Å². The van der Waals surface area contributed by atoms with Crippen LogP contribution in [0.5, 0.6) is 0 Å². The molecule has 0 bridgehead atoms. The highest BCUT2D eigenvalue weighted by Crippen LogP contribution is 2.28. The van der Waals surface area contributed by atoms with Gasteiger partial charge >= 0.3 is 0 Å². The number of nitrogens with one attached hydrogen (secondary N) is 2. The fraction of sp³-hybridized carbons (Fsp3) is 0.115. The maximum Gasteiger partial charge on any atom is 0.258 e. The van der Waals surface area contributed by atoms with E-state index in [1.54, 1.807) is 29.1 Å². The van der Waals surface area contributed by atoms with Crippen LogP contribution in [0.1, 0.15) is 35.0 Å². The van der Waals surface area contributed by atoms with E-state index in [0.29, 0.717) is 23.4 Å². The third-order valence-corrected chi connectivity index (χ3v) is 5.70. The molecule has 0 atom stereocenters. The van der Waals surface area contributed by atoms with E-state index in [1.165, 1.54) is 18.3 Å². The largest absolute Gasteiger partial charge is 0.354 e. The minimum atomic E-state index is -0.309. The number of aromatic nitrogens is 3. The van der Waals surface area contributed by atoms with Crippen molar-refractivity contribution < 1.29 is 14.0 Å². The molecule has 1 aliphatic carbocycles. The molecule has 0 fully saturated rings. The van der Waals surface area contributed by atoms with Gasteiger partial charge in [-0.1, -0.05) is 30.3 Å². The van der Waals surface area contributed by atoms with Crippen LogP contribution in [0.25, 0.3) is 16.5 Å². The Balaban J connectivity index is 1.35. The zero-order valence-corrected chi connectivity index (χ0v) is 17.9. The number of amides is 1. The Kier molecular flexibility index (Phi) is 5.22. The molecule has 0 saturated heterocycles. The Morgan fingerprint density at radius 1 is 1.18 bits per heavy atom. The molecule has 0 aliphatic heterocycles. The molecule has 0 spiro atoms. The lowest BCUT2D eigenvalue weighted by atomic mass is 9.93. The maximum atomic E-state index is 13.1. The van der Waals surface area contributed by atoms with Crippen LogP contribution in [-0.2, 0) is 11.3 Å². The van der Waals surface area contributed by atoms with Gasteiger partial charge in [-0.2, -0.15) is 5.10 Å². The lowest BCUT2D eigenvalue weighted by molar-refractivity contribution is -0.113. The second-order valence-corrected chi connectivity index (χ2v) is 8.13. The summed E-state index contributed by atoms with van der Waals surface area (Å²) in [5, 5.41) is 8.18. The number of H-pyrrole nitrogens is 1. The molecule has 164 valence electrons. The Morgan fingerprint density at radius 3 is 2.76 bits per heavy atom. The fourth-order valence-corrected chi connectivity index (χ4v) is 3.91. The van der Waals surface area contributed by atoms with E-state index in [0.717, 1.165) is 27.7 Å². The maximum absolute atomic E-state index is 13.1. The number of carbonyl (C=O) groups is 2. The monoisotopic (exact) mass is 440 g/mol. The van der Waals surface area contributed by atoms with Gasteiger partial charge in [-0.3, -0.25) is 14.3 Å². The van der Waals surface area contributed by atoms with Crippen molar-refractivity contribution in [3.63, 3.8) is 0 Å². The lowest BCUT2D eigenvalue weighted by Crippen LogP contribution is -2.25. The highest BCUT2D eigenvalue weighted by molar-refractivity contribution is 6.23. The van der Waals surface area contributed by atoms with Crippen LogP contribution in [0.15, 0.2) is 84.3 Å². The number of carbonyl (C=O) groups excluding carboxylic acids is 2. The number of hydrogen-bond acceptors (Lipinski definition) is 3. The lowest BCUT2D eigenvalue weighted by Gasteiger charge is -2.17. The molecule has 5 rings (SSSR count). The molecule has 1 aliphatic rings. The summed E-state index contributed by atoms with van der Waals surface area (Å²) < 4.78 is 14.7. The minimum absolute atomic E-state index is 0.00386. The average Bonchev–Trinajstić information content (AvgIpc) is 3.44. The molecule has 1 amide bonds. The quantitative estimate of drug-likeness (QED) is 0.476. The molecule has 7 heteroatoms. The van der Waals surface area contributed by atoms with Gasteiger partial charge in [0.15, 0.2) is 5.78 Å². The van der Waals surface area contributed by atoms with Crippen molar-refractivity contribution in [1.29, 1.82) is 0 Å². The number of aromatic amines is 1. The topological polar surface area (TPSA) is 79.8 Å². The third kappa shape index (κ3) is 4.25. The number of fused-ring (bicyclic) bond motifs is 1. The molecule has 2 N–H and O–H groups in total. The molecular formula is C26H21FN4O2. The number of halogens is 1. The molecule has 0 saturated carbocycles. The number of rotatable bonds is 5. The van der Waals surface area contributed by atoms with E-state index >= 15 is 0 Å². The second kappa shape index (κ2) is 8.35. The smallest absolute Gasteiger partial charge is 0.258 e. The Morgan fingerprint density at radius 2 is 1.97 bits per heavy atom. The summed E-state index contributed by atoms with van der Waals surface area (Å²) in [6.07, 6.45) is 5.10. The second-order valence-electron chi connectivity index (χ2n) is 8.13. The van der Waals surface area contributed by atoms with Crippen molar-refractivity contribution in [3.05, 3.63) is 107 Å². The normalized spacial score (nSPS) is 14.0. The van der Waals surface area contributed by atoms with Crippen molar-refractivity contribution >= 4 is 28.2 Å². The SMILES string of the molecule is CC1=C(NC(=O)c2cnn(Cc3ccc(F)cc3)c2)C=C(c2cc3ccccc3[nH]2)C(=O)C1. The van der Waals surface area contributed by atoms with Crippen molar-refractivity contribution in [2.75, 3.05) is 0 Å². The van der Waals surface area contributed by atoms with Gasteiger partial charge in [0, 0.05) is 34.8 Å². The van der Waals surface area contributed by atoms with Crippen LogP contribution in [-0.4, -0.2) is 26.5 Å². The Hall–Kier alpha value is -4.26. The first-order valence-electron chi connectivity index (χ1n) is 10.6. The zero-order chi connectivity index (χ0) is 22.9. The summed E-state index contributed by atoms with van der Waals surface area (Å²) in [6, 6.07) is 15.9. The van der Waals surface area contributed by atoms with E-state index in [9.17, 15) is 14.0 Å². The average molecular weight is 440 g/mol. The Labute approximate surface area is 189 Å². The molecule has 33 heavy (non-hydrogen) atoms. The summed E-state index contributed by atoms with van der Waals surface area (Å²) >= 11 is 0. The van der Waals surface area contributed by atoms with Crippen LogP contribution in [0, 0.1) is 5.82 Å². The van der Waals surface area contributed by atoms with Crippen LogP contribution < -0.4 is 5.32 Å². The van der Waals surface area contributed by atoms with Gasteiger partial charge in [0.2, 0.25) is 0 Å². The van der Waals surface area contributed by atoms with Gasteiger partial charge in [-0.15, -0.1) is 0 Å². The predicted molar refractivity (Wildman–Crippen MR) is 124 cm³/mol. The first-order chi connectivity index (χ1) is 16.0. The van der Waals surface area contributed by atoms with E-state index in [4.69, 9.17) is 0 Å². The molecule has 2 aromatic heterocycles. The molecule has 4 aromatic rings. The van der Waals surface area contributed by atoms with Crippen molar-refractivity contribution in [3.8, 4) is 0 Å². The van der Waals surface area contributed by atoms with Crippen LogP contribution in [0.3, 0.4) is 0 Å². The zero-order valence-electron chi connectivity index (χ0n) is 17.9. The van der Waals surface area contributed by atoms with Gasteiger partial charge in [-0.25, -0.2) is 4.39 Å². The highest BCUT2D eigenvalue weighted by Gasteiger charge is 2.23. The number of benzene rings is 2. The van der Waals surface area contributed by atoms with Gasteiger partial charge < -0.3 is 10.3 Å². The van der Waals surface area contributed by atoms with E-state index < -0.39 is 0 Å². The van der Waals surface area contributed by atoms with Gasteiger partial charge in [0.25, 0.3) is 5.91 Å². The molecule has 6 nitrogen and oxygen atoms in total. The summed E-state index contributed by atoms with van der Waals surface area (Å²) in [4.78, 5) is 28.9. The number of nitrogens with zero attached hydrogens (tertiary/aromatic N) is 2. The van der Waals surface area contributed by atoms with E-state index in [-0.39, 0.29) is 23.9 Å². The number of para-hydroxylation sites is 1. The van der Waals surface area contributed by atoms with Crippen LogP contribution >= 0.6 is 0 Å². The molecule has 2 heterocycles. The molecule has 0 unspecified atom stereocenters. The molecular weight excluding hydrogens is 419 g/mol. The van der Waals surface area contributed by atoms with Gasteiger partial charge in [0.1, 0.15) is 5.82 Å². The van der Waals surface area contributed by atoms with E-state index in [1.807, 2.05) is 37.3 Å². The molecule has 2 aromatic carbocycles. The van der Waals surface area contributed by atoms with Crippen molar-refractivity contribution in [1.82, 2.24) is 20.1 Å². The fourth-order valence-electron chi connectivity index (χ4n) is 3.91. The molecule has 0 radical (unpaired) electrons. The summed E-state index contributed by atoms with van der Waals surface area (Å²) in [7, 11) is 0. The standard InChI is InChI=1S/C26H21FN4O2/c1-16-10-25(32)21(24-11-18-4-2-3-5-22(18)29-24)12-23(16)30-26(33)19-13-28-31(15-19)14-17-6-8-20(27)9-7-17/h2-9,11-13,15,29H,10,14H2,1H3,(H,30,33). The summed E-state index contributed by atoms with van der Waals surface area (Å²) in [5.74, 6) is -0.603. The van der Waals surface area contributed by atoms with E-state index in [2.05, 4.69) is 15.4 Å². The highest BCUT2D eigenvalue weighted by atomic mass is 19.1. The van der Waals surface area contributed by atoms with Crippen molar-refractivity contribution in [2.45, 2.75) is 19.9 Å². The first kappa shape index (κ1) is 20.6. The summed E-state index contributed by atoms with van der Waals surface area (Å²) in [6.45, 7) is 2.26.